The van der Waals surface area contributed by atoms with E-state index in [0.29, 0.717) is 30.3 Å². The molecule has 1 aromatic carbocycles. The van der Waals surface area contributed by atoms with E-state index < -0.39 is 0 Å². The Morgan fingerprint density at radius 2 is 2.17 bits per heavy atom. The highest BCUT2D eigenvalue weighted by Gasteiger charge is 2.25. The van der Waals surface area contributed by atoms with E-state index >= 15 is 0 Å². The summed E-state index contributed by atoms with van der Waals surface area (Å²) in [6, 6.07) is 8.62. The lowest BCUT2D eigenvalue weighted by Crippen LogP contribution is -2.31. The lowest BCUT2D eigenvalue weighted by Gasteiger charge is -2.10. The number of ether oxygens (including phenoxy) is 1. The molecule has 1 aromatic heterocycles. The molecule has 0 radical (unpaired) electrons. The first-order valence-corrected chi connectivity index (χ1v) is 7.66. The van der Waals surface area contributed by atoms with Crippen molar-refractivity contribution in [3.8, 4) is 5.75 Å². The Bertz CT molecular complexity index is 766. The number of methoxy groups -OCH3 is 1. The number of carbonyl (C=O) groups excluding carboxylic acids is 1. The van der Waals surface area contributed by atoms with Crippen LogP contribution in [0, 0.1) is 0 Å². The van der Waals surface area contributed by atoms with Crippen LogP contribution in [0.1, 0.15) is 34.8 Å². The van der Waals surface area contributed by atoms with Gasteiger partial charge in [0, 0.05) is 25.1 Å². The van der Waals surface area contributed by atoms with Gasteiger partial charge in [-0.1, -0.05) is 12.1 Å². The predicted molar refractivity (Wildman–Crippen MR) is 85.8 cm³/mol. The van der Waals surface area contributed by atoms with Gasteiger partial charge in [-0.3, -0.25) is 14.2 Å². The molecule has 1 aliphatic carbocycles. The number of nitrogens with zero attached hydrogens (tertiary/aromatic N) is 2. The second kappa shape index (κ2) is 6.64. The molecule has 120 valence electrons. The Balaban J connectivity index is 1.58. The van der Waals surface area contributed by atoms with Gasteiger partial charge >= 0.3 is 0 Å². The molecule has 1 heterocycles. The van der Waals surface area contributed by atoms with Gasteiger partial charge in [0.15, 0.2) is 0 Å². The molecule has 1 fully saturated rings. The van der Waals surface area contributed by atoms with Crippen molar-refractivity contribution in [2.75, 3.05) is 13.7 Å². The standard InChI is InChI=1S/C17H19N3O3/c1-23-15-5-3-2-4-13(15)17(22)18-8-9-20-11-19-14(10-16(20)21)12-6-7-12/h2-5,10-12H,6-9H2,1H3,(H,18,22). The number of para-hydroxylation sites is 1. The highest BCUT2D eigenvalue weighted by atomic mass is 16.5. The third-order valence-electron chi connectivity index (χ3n) is 3.89. The molecule has 1 amide bonds. The van der Waals surface area contributed by atoms with Crippen molar-refractivity contribution in [1.29, 1.82) is 0 Å². The monoisotopic (exact) mass is 313 g/mol. The van der Waals surface area contributed by atoms with Crippen LogP contribution in [0.4, 0.5) is 0 Å². The first kappa shape index (κ1) is 15.3. The van der Waals surface area contributed by atoms with E-state index in [2.05, 4.69) is 10.3 Å². The summed E-state index contributed by atoms with van der Waals surface area (Å²) in [5.41, 5.74) is 1.28. The molecule has 0 bridgehead atoms. The number of benzene rings is 1. The average molecular weight is 313 g/mol. The molecule has 0 spiro atoms. The van der Waals surface area contributed by atoms with E-state index in [9.17, 15) is 9.59 Å². The lowest BCUT2D eigenvalue weighted by molar-refractivity contribution is 0.0949. The van der Waals surface area contributed by atoms with Crippen LogP contribution in [-0.4, -0.2) is 29.1 Å². The summed E-state index contributed by atoms with van der Waals surface area (Å²) in [5, 5.41) is 2.79. The number of nitrogens with one attached hydrogen (secondary N) is 1. The summed E-state index contributed by atoms with van der Waals surface area (Å²) < 4.78 is 6.67. The van der Waals surface area contributed by atoms with Crippen molar-refractivity contribution in [2.24, 2.45) is 0 Å². The topological polar surface area (TPSA) is 73.2 Å². The van der Waals surface area contributed by atoms with Gasteiger partial charge in [0.05, 0.1) is 24.7 Å². The van der Waals surface area contributed by atoms with E-state index in [4.69, 9.17) is 4.74 Å². The number of carbonyl (C=O) groups is 1. The Morgan fingerprint density at radius 1 is 1.39 bits per heavy atom. The summed E-state index contributed by atoms with van der Waals surface area (Å²) >= 11 is 0. The molecule has 0 unspecified atom stereocenters. The molecule has 2 aromatic rings. The maximum atomic E-state index is 12.2. The van der Waals surface area contributed by atoms with Gasteiger partial charge in [0.1, 0.15) is 5.75 Å². The van der Waals surface area contributed by atoms with Crippen molar-refractivity contribution >= 4 is 5.91 Å². The highest BCUT2D eigenvalue weighted by molar-refractivity contribution is 5.96. The summed E-state index contributed by atoms with van der Waals surface area (Å²) in [6.45, 7) is 0.735. The SMILES string of the molecule is COc1ccccc1C(=O)NCCn1cnc(C2CC2)cc1=O. The van der Waals surface area contributed by atoms with E-state index in [-0.39, 0.29) is 11.5 Å². The van der Waals surface area contributed by atoms with Gasteiger partial charge in [-0.15, -0.1) is 0 Å². The van der Waals surface area contributed by atoms with Crippen LogP contribution in [0.3, 0.4) is 0 Å². The number of rotatable bonds is 6. The Labute approximate surface area is 134 Å². The maximum absolute atomic E-state index is 12.2. The fourth-order valence-corrected chi connectivity index (χ4v) is 2.43. The van der Waals surface area contributed by atoms with Gasteiger partial charge in [0.2, 0.25) is 0 Å². The quantitative estimate of drug-likeness (QED) is 0.878. The molecule has 0 saturated heterocycles. The Kier molecular flexibility index (Phi) is 4.41. The average Bonchev–Trinajstić information content (AvgIpc) is 3.41. The lowest BCUT2D eigenvalue weighted by atomic mass is 10.2. The van der Waals surface area contributed by atoms with Gasteiger partial charge in [-0.2, -0.15) is 0 Å². The summed E-state index contributed by atoms with van der Waals surface area (Å²) in [4.78, 5) is 28.5. The molecule has 0 atom stereocenters. The zero-order valence-electron chi connectivity index (χ0n) is 13.0. The minimum atomic E-state index is -0.224. The van der Waals surface area contributed by atoms with Crippen LogP contribution < -0.4 is 15.6 Å². The van der Waals surface area contributed by atoms with Crippen LogP contribution in [0.25, 0.3) is 0 Å². The van der Waals surface area contributed by atoms with Crippen molar-refractivity contribution in [1.82, 2.24) is 14.9 Å². The molecular weight excluding hydrogens is 294 g/mol. The molecule has 23 heavy (non-hydrogen) atoms. The van der Waals surface area contributed by atoms with Gasteiger partial charge in [-0.05, 0) is 25.0 Å². The molecule has 6 nitrogen and oxygen atoms in total. The fraction of sp³-hybridized carbons (Fsp3) is 0.353. The highest BCUT2D eigenvalue weighted by Crippen LogP contribution is 2.38. The van der Waals surface area contributed by atoms with E-state index in [1.165, 1.54) is 11.7 Å². The number of amides is 1. The Hall–Kier alpha value is -2.63. The van der Waals surface area contributed by atoms with Crippen molar-refractivity contribution in [2.45, 2.75) is 25.3 Å². The normalized spacial score (nSPS) is 13.6. The molecule has 1 aliphatic rings. The van der Waals surface area contributed by atoms with E-state index in [1.54, 1.807) is 30.6 Å². The summed E-state index contributed by atoms with van der Waals surface area (Å²) in [5.74, 6) is 0.762. The van der Waals surface area contributed by atoms with Crippen LogP contribution >= 0.6 is 0 Å². The predicted octanol–water partition coefficient (Wildman–Crippen LogP) is 1.56. The number of hydrogen-bond acceptors (Lipinski definition) is 4. The molecule has 6 heteroatoms. The molecule has 3 rings (SSSR count). The maximum Gasteiger partial charge on any atom is 0.255 e. The molecule has 1 saturated carbocycles. The van der Waals surface area contributed by atoms with Crippen LogP contribution in [-0.2, 0) is 6.54 Å². The third-order valence-corrected chi connectivity index (χ3v) is 3.89. The van der Waals surface area contributed by atoms with Crippen LogP contribution in [0.5, 0.6) is 5.75 Å². The fourth-order valence-electron chi connectivity index (χ4n) is 2.43. The smallest absolute Gasteiger partial charge is 0.255 e. The number of aromatic nitrogens is 2. The summed E-state index contributed by atoms with van der Waals surface area (Å²) in [7, 11) is 1.53. The first-order valence-electron chi connectivity index (χ1n) is 7.66. The number of hydrogen-bond donors (Lipinski definition) is 1. The first-order chi connectivity index (χ1) is 11.2. The van der Waals surface area contributed by atoms with Crippen LogP contribution in [0.15, 0.2) is 41.5 Å². The van der Waals surface area contributed by atoms with Crippen molar-refractivity contribution in [3.63, 3.8) is 0 Å². The zero-order chi connectivity index (χ0) is 16.2. The van der Waals surface area contributed by atoms with Gasteiger partial charge < -0.3 is 10.1 Å². The summed E-state index contributed by atoms with van der Waals surface area (Å²) in [6.07, 6.45) is 3.79. The second-order valence-electron chi connectivity index (χ2n) is 5.58. The minimum absolute atomic E-state index is 0.0755. The molecule has 0 aliphatic heterocycles. The van der Waals surface area contributed by atoms with Gasteiger partial charge in [0.25, 0.3) is 11.5 Å². The van der Waals surface area contributed by atoms with Gasteiger partial charge in [-0.25, -0.2) is 4.98 Å². The largest absolute Gasteiger partial charge is 0.496 e. The third kappa shape index (κ3) is 3.59. The zero-order valence-corrected chi connectivity index (χ0v) is 13.0. The molecular formula is C17H19N3O3. The van der Waals surface area contributed by atoms with E-state index in [0.717, 1.165) is 18.5 Å². The van der Waals surface area contributed by atoms with E-state index in [1.807, 2.05) is 6.07 Å². The Morgan fingerprint density at radius 3 is 2.87 bits per heavy atom. The van der Waals surface area contributed by atoms with Crippen molar-refractivity contribution in [3.05, 3.63) is 58.3 Å². The van der Waals surface area contributed by atoms with Crippen LogP contribution in [0.2, 0.25) is 0 Å². The second-order valence-corrected chi connectivity index (χ2v) is 5.58. The van der Waals surface area contributed by atoms with Crippen molar-refractivity contribution < 1.29 is 9.53 Å². The minimum Gasteiger partial charge on any atom is -0.496 e. The molecule has 1 N–H and O–H groups in total.